The van der Waals surface area contributed by atoms with Gasteiger partial charge in [-0.3, -0.25) is 0 Å². The van der Waals surface area contributed by atoms with Crippen LogP contribution in [0.2, 0.25) is 0 Å². The molecule has 0 radical (unpaired) electrons. The third-order valence-corrected chi connectivity index (χ3v) is 3.09. The van der Waals surface area contributed by atoms with Crippen LogP contribution in [0.3, 0.4) is 0 Å². The van der Waals surface area contributed by atoms with Crippen molar-refractivity contribution in [3.63, 3.8) is 0 Å². The monoisotopic (exact) mass is 315 g/mol. The molecule has 0 unspecified atom stereocenters. The Labute approximate surface area is 136 Å². The summed E-state index contributed by atoms with van der Waals surface area (Å²) in [6.45, 7) is 1.07. The molecular weight excluding hydrogens is 294 g/mol. The fourth-order valence-electron chi connectivity index (χ4n) is 1.99. The molecule has 2 aromatic carbocycles. The topological polar surface area (TPSA) is 49.3 Å². The summed E-state index contributed by atoms with van der Waals surface area (Å²) in [6, 6.07) is 15.3. The van der Waals surface area contributed by atoms with Crippen molar-refractivity contribution >= 4 is 6.21 Å². The van der Waals surface area contributed by atoms with Crippen LogP contribution in [0.1, 0.15) is 12.0 Å². The Morgan fingerprint density at radius 1 is 0.913 bits per heavy atom. The van der Waals surface area contributed by atoms with Crippen molar-refractivity contribution in [3.05, 3.63) is 54.1 Å². The summed E-state index contributed by atoms with van der Waals surface area (Å²) in [4.78, 5) is 5.24. The first-order valence-electron chi connectivity index (χ1n) is 7.39. The van der Waals surface area contributed by atoms with Gasteiger partial charge in [-0.2, -0.15) is 0 Å². The molecule has 0 spiro atoms. The molecule has 0 N–H and O–H groups in total. The van der Waals surface area contributed by atoms with Gasteiger partial charge in [0.05, 0.1) is 27.0 Å². The van der Waals surface area contributed by atoms with E-state index in [9.17, 15) is 0 Å². The predicted molar refractivity (Wildman–Crippen MR) is 89.6 cm³/mol. The van der Waals surface area contributed by atoms with Crippen molar-refractivity contribution in [1.29, 1.82) is 0 Å². The molecule has 0 aliphatic rings. The lowest BCUT2D eigenvalue weighted by Gasteiger charge is -2.09. The van der Waals surface area contributed by atoms with Gasteiger partial charge in [-0.1, -0.05) is 29.4 Å². The molecular formula is C18H21NO4. The zero-order chi connectivity index (χ0) is 16.3. The van der Waals surface area contributed by atoms with Gasteiger partial charge in [0.15, 0.2) is 11.5 Å². The normalized spacial score (nSPS) is 10.5. The molecule has 0 saturated carbocycles. The maximum atomic E-state index is 5.57. The highest BCUT2D eigenvalue weighted by Crippen LogP contribution is 2.29. The van der Waals surface area contributed by atoms with Crippen LogP contribution in [0, 0.1) is 0 Å². The van der Waals surface area contributed by atoms with Crippen LogP contribution < -0.4 is 14.2 Å². The zero-order valence-corrected chi connectivity index (χ0v) is 13.4. The van der Waals surface area contributed by atoms with Crippen molar-refractivity contribution in [2.24, 2.45) is 5.16 Å². The van der Waals surface area contributed by atoms with E-state index < -0.39 is 0 Å². The van der Waals surface area contributed by atoms with E-state index in [0.717, 1.165) is 17.7 Å². The lowest BCUT2D eigenvalue weighted by atomic mass is 10.2. The molecule has 2 rings (SSSR count). The molecule has 0 fully saturated rings. The Morgan fingerprint density at radius 3 is 2.48 bits per heavy atom. The van der Waals surface area contributed by atoms with Gasteiger partial charge in [0.2, 0.25) is 0 Å². The van der Waals surface area contributed by atoms with Crippen molar-refractivity contribution in [1.82, 2.24) is 0 Å². The number of rotatable bonds is 9. The van der Waals surface area contributed by atoms with E-state index in [1.54, 1.807) is 20.4 Å². The summed E-state index contributed by atoms with van der Waals surface area (Å²) >= 11 is 0. The Hall–Kier alpha value is -2.69. The molecule has 0 atom stereocenters. The summed E-state index contributed by atoms with van der Waals surface area (Å²) < 4.78 is 16.1. The lowest BCUT2D eigenvalue weighted by Crippen LogP contribution is -2.01. The molecule has 23 heavy (non-hydrogen) atoms. The fourth-order valence-corrected chi connectivity index (χ4v) is 1.99. The van der Waals surface area contributed by atoms with E-state index in [1.165, 1.54) is 0 Å². The molecule has 5 heteroatoms. The summed E-state index contributed by atoms with van der Waals surface area (Å²) in [5, 5.41) is 3.95. The molecule has 0 aliphatic heterocycles. The Bertz CT molecular complexity index is 614. The minimum absolute atomic E-state index is 0.482. The SMILES string of the molecule is COc1cccc(/C=N/OCCCOc2ccccc2)c1OC. The molecule has 122 valence electrons. The minimum Gasteiger partial charge on any atom is -0.493 e. The van der Waals surface area contributed by atoms with Gasteiger partial charge in [-0.05, 0) is 24.3 Å². The second-order valence-electron chi connectivity index (χ2n) is 4.67. The third kappa shape index (κ3) is 5.21. The number of methoxy groups -OCH3 is 2. The second-order valence-corrected chi connectivity index (χ2v) is 4.67. The average Bonchev–Trinajstić information content (AvgIpc) is 2.61. The number of benzene rings is 2. The quantitative estimate of drug-likeness (QED) is 0.403. The Kier molecular flexibility index (Phi) is 6.78. The van der Waals surface area contributed by atoms with E-state index in [0.29, 0.717) is 24.7 Å². The van der Waals surface area contributed by atoms with Crippen LogP contribution in [0.25, 0.3) is 0 Å². The van der Waals surface area contributed by atoms with Crippen LogP contribution in [0.15, 0.2) is 53.7 Å². The van der Waals surface area contributed by atoms with Gasteiger partial charge in [-0.25, -0.2) is 0 Å². The lowest BCUT2D eigenvalue weighted by molar-refractivity contribution is 0.129. The number of oxime groups is 1. The smallest absolute Gasteiger partial charge is 0.169 e. The fraction of sp³-hybridized carbons (Fsp3) is 0.278. The van der Waals surface area contributed by atoms with E-state index in [2.05, 4.69) is 5.16 Å². The highest BCUT2D eigenvalue weighted by Gasteiger charge is 2.07. The van der Waals surface area contributed by atoms with Crippen LogP contribution in [0.5, 0.6) is 17.2 Å². The highest BCUT2D eigenvalue weighted by atomic mass is 16.6. The maximum absolute atomic E-state index is 5.57. The summed E-state index contributed by atoms with van der Waals surface area (Å²) in [5.41, 5.74) is 0.799. The Balaban J connectivity index is 1.73. The van der Waals surface area contributed by atoms with Crippen LogP contribution in [-0.4, -0.2) is 33.6 Å². The number of nitrogens with zero attached hydrogens (tertiary/aromatic N) is 1. The molecule has 0 aliphatic carbocycles. The average molecular weight is 315 g/mol. The predicted octanol–water partition coefficient (Wildman–Crippen LogP) is 3.52. The van der Waals surface area contributed by atoms with Gasteiger partial charge in [0, 0.05) is 12.0 Å². The van der Waals surface area contributed by atoms with Gasteiger partial charge in [-0.15, -0.1) is 0 Å². The van der Waals surface area contributed by atoms with E-state index in [-0.39, 0.29) is 0 Å². The van der Waals surface area contributed by atoms with E-state index >= 15 is 0 Å². The van der Waals surface area contributed by atoms with Gasteiger partial charge in [0.1, 0.15) is 12.4 Å². The minimum atomic E-state index is 0.482. The van der Waals surface area contributed by atoms with Crippen molar-refractivity contribution in [2.45, 2.75) is 6.42 Å². The number of ether oxygens (including phenoxy) is 3. The zero-order valence-electron chi connectivity index (χ0n) is 13.4. The van der Waals surface area contributed by atoms with Crippen LogP contribution in [0.4, 0.5) is 0 Å². The second kappa shape index (κ2) is 9.35. The number of hydrogen-bond acceptors (Lipinski definition) is 5. The molecule has 0 saturated heterocycles. The van der Waals surface area contributed by atoms with Crippen molar-refractivity contribution in [2.75, 3.05) is 27.4 Å². The first kappa shape index (κ1) is 16.7. The molecule has 5 nitrogen and oxygen atoms in total. The van der Waals surface area contributed by atoms with Gasteiger partial charge in [0.25, 0.3) is 0 Å². The number of hydrogen-bond donors (Lipinski definition) is 0. The molecule has 2 aromatic rings. The molecule has 0 bridgehead atoms. The standard InChI is InChI=1S/C18H21NO4/c1-20-17-11-6-8-15(18(17)21-2)14-19-23-13-7-12-22-16-9-4-3-5-10-16/h3-6,8-11,14H,7,12-13H2,1-2H3/b19-14+. The summed E-state index contributed by atoms with van der Waals surface area (Å²) in [7, 11) is 3.19. The molecule has 0 heterocycles. The first-order chi connectivity index (χ1) is 11.3. The van der Waals surface area contributed by atoms with Crippen molar-refractivity contribution in [3.8, 4) is 17.2 Å². The summed E-state index contributed by atoms with van der Waals surface area (Å²) in [5.74, 6) is 2.15. The maximum Gasteiger partial charge on any atom is 0.169 e. The molecule has 0 amide bonds. The third-order valence-electron chi connectivity index (χ3n) is 3.09. The van der Waals surface area contributed by atoms with E-state index in [4.69, 9.17) is 19.0 Å². The summed E-state index contributed by atoms with van der Waals surface area (Å²) in [6.07, 6.45) is 2.36. The van der Waals surface area contributed by atoms with Crippen LogP contribution >= 0.6 is 0 Å². The highest BCUT2D eigenvalue weighted by molar-refractivity contribution is 5.84. The van der Waals surface area contributed by atoms with Gasteiger partial charge >= 0.3 is 0 Å². The largest absolute Gasteiger partial charge is 0.493 e. The Morgan fingerprint density at radius 2 is 1.74 bits per heavy atom. The van der Waals surface area contributed by atoms with Crippen molar-refractivity contribution < 1.29 is 19.0 Å². The number of para-hydroxylation sites is 2. The first-order valence-corrected chi connectivity index (χ1v) is 7.39. The molecule has 0 aromatic heterocycles. The van der Waals surface area contributed by atoms with Crippen LogP contribution in [-0.2, 0) is 4.84 Å². The van der Waals surface area contributed by atoms with E-state index in [1.807, 2.05) is 48.5 Å². The van der Waals surface area contributed by atoms with Gasteiger partial charge < -0.3 is 19.0 Å².